The molecule has 2 aromatic carbocycles. The first-order valence-electron chi connectivity index (χ1n) is 14.9. The molecule has 4 rings (SSSR count). The van der Waals surface area contributed by atoms with E-state index < -0.39 is 6.10 Å². The highest BCUT2D eigenvalue weighted by Gasteiger charge is 2.36. The van der Waals surface area contributed by atoms with Crippen molar-refractivity contribution >= 4 is 5.69 Å². The Morgan fingerprint density at radius 3 is 2.46 bits per heavy atom. The molecule has 0 unspecified atom stereocenters. The van der Waals surface area contributed by atoms with Crippen molar-refractivity contribution in [3.05, 3.63) is 59.2 Å². The highest BCUT2D eigenvalue weighted by molar-refractivity contribution is 5.61. The van der Waals surface area contributed by atoms with Gasteiger partial charge in [-0.15, -0.1) is 0 Å². The van der Waals surface area contributed by atoms with Gasteiger partial charge in [0.05, 0.1) is 63.6 Å². The number of aliphatic hydroxyl groups is 1. The van der Waals surface area contributed by atoms with Crippen LogP contribution in [0.2, 0.25) is 0 Å². The lowest BCUT2D eigenvalue weighted by atomic mass is 9.85. The number of ether oxygens (including phenoxy) is 6. The summed E-state index contributed by atoms with van der Waals surface area (Å²) in [6.07, 6.45) is 0.937. The van der Waals surface area contributed by atoms with Crippen LogP contribution in [0.5, 0.6) is 5.75 Å². The molecule has 2 aliphatic heterocycles. The van der Waals surface area contributed by atoms with Gasteiger partial charge in [0.2, 0.25) is 0 Å². The molecule has 0 saturated carbocycles. The van der Waals surface area contributed by atoms with E-state index in [1.807, 2.05) is 6.92 Å². The molecule has 0 radical (unpaired) electrons. The Labute approximate surface area is 245 Å². The normalized spacial score (nSPS) is 21.4. The van der Waals surface area contributed by atoms with Crippen molar-refractivity contribution in [3.8, 4) is 5.75 Å². The number of piperidine rings is 1. The lowest BCUT2D eigenvalue weighted by Crippen LogP contribution is -2.51. The Kier molecular flexibility index (Phi) is 13.2. The summed E-state index contributed by atoms with van der Waals surface area (Å²) in [5.41, 5.74) is 4.50. The monoisotopic (exact) mass is 572 g/mol. The molecule has 2 N–H and O–H groups in total. The number of hydrogen-bond acceptors (Lipinski definition) is 9. The van der Waals surface area contributed by atoms with Gasteiger partial charge in [-0.2, -0.15) is 0 Å². The highest BCUT2D eigenvalue weighted by Crippen LogP contribution is 2.34. The molecule has 2 aromatic rings. The summed E-state index contributed by atoms with van der Waals surface area (Å²) in [4.78, 5) is 2.37. The smallest absolute Gasteiger partial charge is 0.142 e. The number of nitrogens with zero attached hydrogens (tertiary/aromatic N) is 1. The molecule has 0 amide bonds. The molecule has 1 saturated heterocycles. The van der Waals surface area contributed by atoms with E-state index in [0.717, 1.165) is 60.8 Å². The van der Waals surface area contributed by atoms with E-state index in [0.29, 0.717) is 52.6 Å². The van der Waals surface area contributed by atoms with Crippen molar-refractivity contribution in [2.45, 2.75) is 57.2 Å². The Hall–Kier alpha value is -2.24. The van der Waals surface area contributed by atoms with E-state index in [-0.39, 0.29) is 18.1 Å². The van der Waals surface area contributed by atoms with Crippen molar-refractivity contribution in [2.75, 3.05) is 78.3 Å². The first-order valence-corrected chi connectivity index (χ1v) is 14.9. The predicted molar refractivity (Wildman–Crippen MR) is 159 cm³/mol. The van der Waals surface area contributed by atoms with E-state index in [1.54, 1.807) is 14.2 Å². The Balaban J connectivity index is 1.46. The number of methoxy groups -OCH3 is 2. The van der Waals surface area contributed by atoms with Crippen LogP contribution < -0.4 is 15.0 Å². The van der Waals surface area contributed by atoms with Crippen molar-refractivity contribution in [1.82, 2.24) is 5.32 Å². The van der Waals surface area contributed by atoms with Gasteiger partial charge in [-0.05, 0) is 41.7 Å². The molecule has 0 bridgehead atoms. The number of rotatable bonds is 17. The zero-order valence-corrected chi connectivity index (χ0v) is 24.9. The fourth-order valence-corrected chi connectivity index (χ4v) is 5.38. The number of anilines is 1. The fraction of sp³-hybridized carbons (Fsp3) is 0.625. The van der Waals surface area contributed by atoms with Crippen molar-refractivity contribution in [1.29, 1.82) is 0 Å². The van der Waals surface area contributed by atoms with Gasteiger partial charge in [0.15, 0.2) is 0 Å². The maximum Gasteiger partial charge on any atom is 0.142 e. The number of aliphatic hydroxyl groups excluding tert-OH is 1. The van der Waals surface area contributed by atoms with Crippen molar-refractivity contribution in [2.24, 2.45) is 0 Å². The molecule has 41 heavy (non-hydrogen) atoms. The average Bonchev–Trinajstić information content (AvgIpc) is 3.01. The third kappa shape index (κ3) is 9.38. The van der Waals surface area contributed by atoms with E-state index >= 15 is 0 Å². The Bertz CT molecular complexity index is 1020. The van der Waals surface area contributed by atoms with Gasteiger partial charge in [0.25, 0.3) is 0 Å². The molecular weight excluding hydrogens is 524 g/mol. The topological polar surface area (TPSA) is 90.9 Å². The summed E-state index contributed by atoms with van der Waals surface area (Å²) in [5, 5.41) is 13.7. The van der Waals surface area contributed by atoms with Crippen LogP contribution in [-0.2, 0) is 36.9 Å². The number of fused-ring (bicyclic) bond motifs is 1. The number of hydrogen-bond donors (Lipinski definition) is 2. The summed E-state index contributed by atoms with van der Waals surface area (Å²) in [6, 6.07) is 14.9. The second-order valence-corrected chi connectivity index (χ2v) is 10.7. The summed E-state index contributed by atoms with van der Waals surface area (Å²) in [7, 11) is 3.41. The van der Waals surface area contributed by atoms with Crippen LogP contribution in [0.1, 0.15) is 42.4 Å². The van der Waals surface area contributed by atoms with Crippen LogP contribution in [-0.4, -0.2) is 96.9 Å². The molecule has 0 spiro atoms. The van der Waals surface area contributed by atoms with Gasteiger partial charge in [0, 0.05) is 46.4 Å². The zero-order valence-electron chi connectivity index (χ0n) is 24.9. The van der Waals surface area contributed by atoms with Crippen LogP contribution in [0.3, 0.4) is 0 Å². The van der Waals surface area contributed by atoms with Gasteiger partial charge in [-0.1, -0.05) is 37.3 Å². The van der Waals surface area contributed by atoms with Crippen LogP contribution in [0.4, 0.5) is 5.69 Å². The van der Waals surface area contributed by atoms with Gasteiger partial charge < -0.3 is 43.7 Å². The molecule has 9 heteroatoms. The average molecular weight is 573 g/mol. The number of nitrogens with one attached hydrogen (secondary N) is 1. The standard InChI is InChI=1S/C32H48N2O7/c1-4-27(35)23-41-31-20-33-19-30(32(31)26-9-6-24(7-10-26)21-38-17-16-37-3)40-22-25-8-11-29-28(18-25)34(13-15-39-29)12-5-14-36-2/h6-11,18,27,30-33,35H,4-5,12-17,19-23H2,1-3H3/t27-,30+,31-,32-/m1/s1. The van der Waals surface area contributed by atoms with E-state index in [1.165, 1.54) is 0 Å². The molecule has 9 nitrogen and oxygen atoms in total. The second kappa shape index (κ2) is 17.0. The third-order valence-corrected chi connectivity index (χ3v) is 7.75. The van der Waals surface area contributed by atoms with Crippen molar-refractivity contribution < 1.29 is 33.5 Å². The van der Waals surface area contributed by atoms with Crippen LogP contribution >= 0.6 is 0 Å². The highest BCUT2D eigenvalue weighted by atomic mass is 16.5. The minimum Gasteiger partial charge on any atom is -0.490 e. The largest absolute Gasteiger partial charge is 0.490 e. The summed E-state index contributed by atoms with van der Waals surface area (Å²) >= 11 is 0. The van der Waals surface area contributed by atoms with Crippen LogP contribution in [0.15, 0.2) is 42.5 Å². The van der Waals surface area contributed by atoms with Crippen LogP contribution in [0, 0.1) is 0 Å². The molecular formula is C32H48N2O7. The van der Waals surface area contributed by atoms with Crippen molar-refractivity contribution in [3.63, 3.8) is 0 Å². The maximum absolute atomic E-state index is 10.2. The second-order valence-electron chi connectivity index (χ2n) is 10.7. The van der Waals surface area contributed by atoms with E-state index in [9.17, 15) is 5.11 Å². The minimum absolute atomic E-state index is 0.0234. The van der Waals surface area contributed by atoms with Gasteiger partial charge >= 0.3 is 0 Å². The van der Waals surface area contributed by atoms with E-state index in [2.05, 4.69) is 52.7 Å². The summed E-state index contributed by atoms with van der Waals surface area (Å²) in [6.45, 7) is 9.10. The minimum atomic E-state index is -0.479. The maximum atomic E-state index is 10.2. The molecule has 0 aliphatic carbocycles. The quantitative estimate of drug-likeness (QED) is 0.276. The fourth-order valence-electron chi connectivity index (χ4n) is 5.38. The van der Waals surface area contributed by atoms with Crippen LogP contribution in [0.25, 0.3) is 0 Å². The SMILES string of the molecule is CC[C@@H](O)CO[C@@H]1CNC[C@H](OCc2ccc3c(c2)N(CCCOC)CCO3)[C@H]1c1ccc(COCCOC)cc1. The lowest BCUT2D eigenvalue weighted by Gasteiger charge is -2.39. The van der Waals surface area contributed by atoms with Gasteiger partial charge in [0.1, 0.15) is 12.4 Å². The zero-order chi connectivity index (χ0) is 28.9. The first kappa shape index (κ1) is 31.7. The molecule has 228 valence electrons. The first-order chi connectivity index (χ1) is 20.1. The Morgan fingerprint density at radius 1 is 0.951 bits per heavy atom. The molecule has 4 atom stereocenters. The summed E-state index contributed by atoms with van der Waals surface area (Å²) < 4.78 is 34.8. The third-order valence-electron chi connectivity index (χ3n) is 7.75. The van der Waals surface area contributed by atoms with E-state index in [4.69, 9.17) is 28.4 Å². The predicted octanol–water partition coefficient (Wildman–Crippen LogP) is 3.51. The molecule has 2 heterocycles. The lowest BCUT2D eigenvalue weighted by molar-refractivity contribution is -0.0777. The Morgan fingerprint density at radius 2 is 1.71 bits per heavy atom. The van der Waals surface area contributed by atoms with Gasteiger partial charge in [-0.3, -0.25) is 0 Å². The number of benzene rings is 2. The molecule has 2 aliphatic rings. The summed E-state index contributed by atoms with van der Waals surface area (Å²) in [5.74, 6) is 0.944. The van der Waals surface area contributed by atoms with Gasteiger partial charge in [-0.25, -0.2) is 0 Å². The molecule has 0 aromatic heterocycles. The molecule has 1 fully saturated rings.